The van der Waals surface area contributed by atoms with Crippen molar-refractivity contribution in [3.63, 3.8) is 0 Å². The van der Waals surface area contributed by atoms with E-state index in [1.807, 2.05) is 12.5 Å². The average molecular weight is 479 g/mol. The van der Waals surface area contributed by atoms with Gasteiger partial charge in [0.05, 0.1) is 21.7 Å². The molecule has 0 bridgehead atoms. The molecular weight excluding hydrogens is 459 g/mol. The smallest absolute Gasteiger partial charge is 0.252 e. The molecular formula is C17H20ClIN2O2S. The highest BCUT2D eigenvalue weighted by molar-refractivity contribution is 14.1. The van der Waals surface area contributed by atoms with Crippen molar-refractivity contribution in [1.82, 2.24) is 10.3 Å². The third kappa shape index (κ3) is 3.57. The second-order valence-corrected chi connectivity index (χ2v) is 8.68. The van der Waals surface area contributed by atoms with Crippen LogP contribution in [0.25, 0.3) is 10.9 Å². The van der Waals surface area contributed by atoms with Crippen molar-refractivity contribution in [2.24, 2.45) is 0 Å². The summed E-state index contributed by atoms with van der Waals surface area (Å²) in [5.74, 6) is -0.230. The van der Waals surface area contributed by atoms with Gasteiger partial charge in [0.1, 0.15) is 0 Å². The molecule has 0 radical (unpaired) electrons. The monoisotopic (exact) mass is 478 g/mol. The van der Waals surface area contributed by atoms with E-state index in [0.29, 0.717) is 10.6 Å². The van der Waals surface area contributed by atoms with Gasteiger partial charge in [0.25, 0.3) is 5.91 Å². The maximum atomic E-state index is 12.6. The van der Waals surface area contributed by atoms with E-state index >= 15 is 0 Å². The molecule has 1 amide bonds. The number of rotatable bonds is 4. The molecule has 2 aromatic rings. The Hall–Kier alpha value is -0.440. The van der Waals surface area contributed by atoms with Gasteiger partial charge in [-0.15, -0.1) is 11.8 Å². The second kappa shape index (κ2) is 7.43. The number of aromatic amines is 1. The number of thioether (sulfide) groups is 1. The summed E-state index contributed by atoms with van der Waals surface area (Å²) in [6.07, 6.45) is 8.56. The van der Waals surface area contributed by atoms with Crippen LogP contribution < -0.4 is 5.32 Å². The zero-order chi connectivity index (χ0) is 17.3. The number of hydrogen-bond donors (Lipinski definition) is 3. The standard InChI is InChI=1S/C17H20ClIN2O2S/c1-24-12-8-20-15-11(19)7-10(14(18)13(12)15)16(22)21-9-17(23)5-3-2-4-6-17/h7-8,20,23H,2-6,9H2,1H3,(H,21,22). The lowest BCUT2D eigenvalue weighted by Gasteiger charge is -2.32. The van der Waals surface area contributed by atoms with Gasteiger partial charge in [-0.3, -0.25) is 4.79 Å². The number of H-pyrrole nitrogens is 1. The molecule has 1 aliphatic rings. The lowest BCUT2D eigenvalue weighted by atomic mass is 9.85. The Balaban J connectivity index is 1.85. The van der Waals surface area contributed by atoms with Crippen LogP contribution in [0.15, 0.2) is 17.2 Å². The number of carbonyl (C=O) groups is 1. The summed E-state index contributed by atoms with van der Waals surface area (Å²) < 4.78 is 0.953. The van der Waals surface area contributed by atoms with E-state index in [0.717, 1.165) is 51.5 Å². The van der Waals surface area contributed by atoms with Gasteiger partial charge in [0.2, 0.25) is 0 Å². The topological polar surface area (TPSA) is 65.1 Å². The van der Waals surface area contributed by atoms with Crippen molar-refractivity contribution >= 4 is 62.8 Å². The van der Waals surface area contributed by atoms with Gasteiger partial charge in [-0.25, -0.2) is 0 Å². The fourth-order valence-electron chi connectivity index (χ4n) is 3.26. The lowest BCUT2D eigenvalue weighted by Crippen LogP contribution is -2.44. The molecule has 0 unspecified atom stereocenters. The number of carbonyl (C=O) groups excluding carboxylic acids is 1. The van der Waals surface area contributed by atoms with Crippen molar-refractivity contribution in [2.75, 3.05) is 12.8 Å². The Morgan fingerprint density at radius 1 is 1.46 bits per heavy atom. The van der Waals surface area contributed by atoms with E-state index in [-0.39, 0.29) is 12.5 Å². The highest BCUT2D eigenvalue weighted by Gasteiger charge is 2.30. The molecule has 0 saturated heterocycles. The third-order valence-electron chi connectivity index (χ3n) is 4.64. The molecule has 1 aliphatic carbocycles. The second-order valence-electron chi connectivity index (χ2n) is 6.29. The summed E-state index contributed by atoms with van der Waals surface area (Å²) in [5, 5.41) is 14.8. The Morgan fingerprint density at radius 3 is 2.83 bits per heavy atom. The number of amides is 1. The number of halogens is 2. The minimum atomic E-state index is -0.782. The predicted molar refractivity (Wildman–Crippen MR) is 108 cm³/mol. The number of hydrogen-bond acceptors (Lipinski definition) is 3. The van der Waals surface area contributed by atoms with Crippen LogP contribution in [0.4, 0.5) is 0 Å². The Labute approximate surface area is 164 Å². The van der Waals surface area contributed by atoms with Crippen molar-refractivity contribution in [3.05, 3.63) is 26.4 Å². The van der Waals surface area contributed by atoms with Crippen molar-refractivity contribution < 1.29 is 9.90 Å². The molecule has 1 fully saturated rings. The summed E-state index contributed by atoms with van der Waals surface area (Å²) in [6, 6.07) is 1.80. The molecule has 1 aromatic carbocycles. The summed E-state index contributed by atoms with van der Waals surface area (Å²) in [7, 11) is 0. The predicted octanol–water partition coefficient (Wildman–Crippen LogP) is 4.57. The summed E-state index contributed by atoms with van der Waals surface area (Å²) >= 11 is 10.3. The Bertz CT molecular complexity index is 772. The van der Waals surface area contributed by atoms with Crippen LogP contribution in [0.5, 0.6) is 0 Å². The van der Waals surface area contributed by atoms with Crippen LogP contribution in [-0.2, 0) is 0 Å². The van der Waals surface area contributed by atoms with E-state index in [1.165, 1.54) is 0 Å². The molecule has 1 aromatic heterocycles. The van der Waals surface area contributed by atoms with Gasteiger partial charge in [-0.2, -0.15) is 0 Å². The number of fused-ring (bicyclic) bond motifs is 1. The van der Waals surface area contributed by atoms with E-state index in [9.17, 15) is 9.90 Å². The molecule has 7 heteroatoms. The summed E-state index contributed by atoms with van der Waals surface area (Å²) in [6.45, 7) is 0.277. The van der Waals surface area contributed by atoms with Gasteiger partial charge < -0.3 is 15.4 Å². The maximum Gasteiger partial charge on any atom is 0.252 e. The highest BCUT2D eigenvalue weighted by atomic mass is 127. The van der Waals surface area contributed by atoms with Crippen molar-refractivity contribution in [1.29, 1.82) is 0 Å². The van der Waals surface area contributed by atoms with Gasteiger partial charge in [0, 0.05) is 26.6 Å². The summed E-state index contributed by atoms with van der Waals surface area (Å²) in [4.78, 5) is 16.9. The molecule has 0 aliphatic heterocycles. The Kier molecular flexibility index (Phi) is 5.68. The molecule has 4 nitrogen and oxygen atoms in total. The van der Waals surface area contributed by atoms with E-state index in [4.69, 9.17) is 11.6 Å². The fraction of sp³-hybridized carbons (Fsp3) is 0.471. The molecule has 3 rings (SSSR count). The average Bonchev–Trinajstić information content (AvgIpc) is 3.02. The van der Waals surface area contributed by atoms with Crippen LogP contribution in [0.3, 0.4) is 0 Å². The number of nitrogens with one attached hydrogen (secondary N) is 2. The fourth-order valence-corrected chi connectivity index (χ4v) is 4.98. The van der Waals surface area contributed by atoms with Crippen LogP contribution in [-0.4, -0.2) is 34.4 Å². The Morgan fingerprint density at radius 2 is 2.17 bits per heavy atom. The quantitative estimate of drug-likeness (QED) is 0.445. The van der Waals surface area contributed by atoms with Crippen LogP contribution in [0.2, 0.25) is 5.02 Å². The maximum absolute atomic E-state index is 12.6. The van der Waals surface area contributed by atoms with Crippen molar-refractivity contribution in [2.45, 2.75) is 42.6 Å². The SMILES string of the molecule is CSc1c[nH]c2c(I)cc(C(=O)NCC3(O)CCCCC3)c(Cl)c12. The highest BCUT2D eigenvalue weighted by Crippen LogP contribution is 2.37. The van der Waals surface area contributed by atoms with Crippen LogP contribution >= 0.6 is 46.0 Å². The van der Waals surface area contributed by atoms with Crippen LogP contribution in [0.1, 0.15) is 42.5 Å². The van der Waals surface area contributed by atoms with E-state index < -0.39 is 5.60 Å². The first-order valence-electron chi connectivity index (χ1n) is 7.99. The zero-order valence-electron chi connectivity index (χ0n) is 13.4. The van der Waals surface area contributed by atoms with E-state index in [1.54, 1.807) is 17.8 Å². The third-order valence-corrected chi connectivity index (χ3v) is 6.64. The molecule has 130 valence electrons. The molecule has 3 N–H and O–H groups in total. The minimum Gasteiger partial charge on any atom is -0.388 e. The van der Waals surface area contributed by atoms with Gasteiger partial charge in [-0.1, -0.05) is 30.9 Å². The van der Waals surface area contributed by atoms with Gasteiger partial charge in [-0.05, 0) is 47.8 Å². The van der Waals surface area contributed by atoms with Crippen molar-refractivity contribution in [3.8, 4) is 0 Å². The molecule has 1 saturated carbocycles. The first-order valence-corrected chi connectivity index (χ1v) is 10.7. The molecule has 24 heavy (non-hydrogen) atoms. The largest absolute Gasteiger partial charge is 0.388 e. The molecule has 1 heterocycles. The number of aliphatic hydroxyl groups is 1. The van der Waals surface area contributed by atoms with Gasteiger partial charge >= 0.3 is 0 Å². The zero-order valence-corrected chi connectivity index (χ0v) is 17.1. The number of aromatic nitrogens is 1. The van der Waals surface area contributed by atoms with E-state index in [2.05, 4.69) is 32.9 Å². The minimum absolute atomic E-state index is 0.230. The molecule has 0 spiro atoms. The first-order chi connectivity index (χ1) is 11.4. The number of benzene rings is 1. The molecule has 0 atom stereocenters. The first kappa shape index (κ1) is 18.4. The normalized spacial score (nSPS) is 17.2. The summed E-state index contributed by atoms with van der Waals surface area (Å²) in [5.41, 5.74) is 0.631. The lowest BCUT2D eigenvalue weighted by molar-refractivity contribution is 0.00526. The van der Waals surface area contributed by atoms with Gasteiger partial charge in [0.15, 0.2) is 0 Å². The van der Waals surface area contributed by atoms with Crippen LogP contribution in [0, 0.1) is 3.57 Å².